The number of rotatable bonds is 3. The van der Waals surface area contributed by atoms with Crippen molar-refractivity contribution in [3.63, 3.8) is 0 Å². The number of carbonyl (C=O) groups is 1. The summed E-state index contributed by atoms with van der Waals surface area (Å²) in [7, 11) is 2.02. The summed E-state index contributed by atoms with van der Waals surface area (Å²) in [5.74, 6) is 0.798. The number of fused-ring (bicyclic) bond motifs is 1. The van der Waals surface area contributed by atoms with E-state index in [0.29, 0.717) is 18.6 Å². The molecule has 1 amide bonds. The van der Waals surface area contributed by atoms with Gasteiger partial charge in [-0.05, 0) is 25.0 Å². The Morgan fingerprint density at radius 2 is 2.32 bits per heavy atom. The van der Waals surface area contributed by atoms with Crippen LogP contribution < -0.4 is 5.32 Å². The number of nitrogens with one attached hydrogen (secondary N) is 2. The zero-order valence-electron chi connectivity index (χ0n) is 14.3. The molecule has 2 aromatic heterocycles. The normalized spacial score (nSPS) is 20.7. The molecule has 1 saturated heterocycles. The Morgan fingerprint density at radius 1 is 1.44 bits per heavy atom. The molecule has 0 aliphatic carbocycles. The lowest BCUT2D eigenvalue weighted by atomic mass is 10.0. The zero-order chi connectivity index (χ0) is 17.4. The third-order valence-corrected chi connectivity index (χ3v) is 4.82. The summed E-state index contributed by atoms with van der Waals surface area (Å²) in [6, 6.07) is 6.23. The van der Waals surface area contributed by atoms with Gasteiger partial charge in [0.15, 0.2) is 0 Å². The molecule has 1 aliphatic rings. The lowest BCUT2D eigenvalue weighted by Gasteiger charge is -2.29. The fourth-order valence-electron chi connectivity index (χ4n) is 3.41. The molecule has 2 unspecified atom stereocenters. The van der Waals surface area contributed by atoms with E-state index in [-0.39, 0.29) is 18.1 Å². The number of aryl methyl sites for hydroxylation is 2. The Balaban J connectivity index is 1.54. The number of aromatic nitrogens is 4. The van der Waals surface area contributed by atoms with Gasteiger partial charge in [-0.25, -0.2) is 4.98 Å². The predicted molar refractivity (Wildman–Crippen MR) is 93.2 cm³/mol. The second-order valence-electron chi connectivity index (χ2n) is 6.51. The van der Waals surface area contributed by atoms with E-state index in [1.54, 1.807) is 6.20 Å². The van der Waals surface area contributed by atoms with Crippen molar-refractivity contribution in [1.82, 2.24) is 25.1 Å². The molecule has 25 heavy (non-hydrogen) atoms. The van der Waals surface area contributed by atoms with Crippen molar-refractivity contribution in [2.45, 2.75) is 31.9 Å². The van der Waals surface area contributed by atoms with Crippen molar-refractivity contribution in [2.24, 2.45) is 7.05 Å². The Bertz CT molecular complexity index is 900. The highest BCUT2D eigenvalue weighted by atomic mass is 16.5. The van der Waals surface area contributed by atoms with Crippen molar-refractivity contribution in [1.29, 1.82) is 0 Å². The van der Waals surface area contributed by atoms with Crippen LogP contribution in [0.2, 0.25) is 0 Å². The molecular formula is C18H21N5O2. The van der Waals surface area contributed by atoms with E-state index >= 15 is 0 Å². The third-order valence-electron chi connectivity index (χ3n) is 4.82. The van der Waals surface area contributed by atoms with Crippen LogP contribution in [-0.4, -0.2) is 38.3 Å². The molecule has 0 radical (unpaired) electrons. The van der Waals surface area contributed by atoms with Gasteiger partial charge in [0.1, 0.15) is 11.9 Å². The molecular weight excluding hydrogens is 318 g/mol. The molecule has 7 nitrogen and oxygen atoms in total. The Labute approximate surface area is 145 Å². The Hall–Kier alpha value is -2.67. The smallest absolute Gasteiger partial charge is 0.254 e. The number of imidazole rings is 1. The number of H-pyrrole nitrogens is 1. The summed E-state index contributed by atoms with van der Waals surface area (Å²) in [5.41, 5.74) is 3.80. The number of amides is 1. The molecule has 3 heterocycles. The first-order chi connectivity index (χ1) is 12.1. The molecule has 3 aromatic rings. The van der Waals surface area contributed by atoms with Crippen LogP contribution in [0.25, 0.3) is 11.0 Å². The van der Waals surface area contributed by atoms with E-state index < -0.39 is 0 Å². The summed E-state index contributed by atoms with van der Waals surface area (Å²) < 4.78 is 8.05. The summed E-state index contributed by atoms with van der Waals surface area (Å²) in [6.45, 7) is 2.66. The molecule has 2 N–H and O–H groups in total. The van der Waals surface area contributed by atoms with Crippen LogP contribution >= 0.6 is 0 Å². The lowest BCUT2D eigenvalue weighted by molar-refractivity contribution is -0.00530. The monoisotopic (exact) mass is 339 g/mol. The fraction of sp³-hybridized carbons (Fsp3) is 0.389. The predicted octanol–water partition coefficient (Wildman–Crippen LogP) is 2.25. The van der Waals surface area contributed by atoms with Crippen LogP contribution in [-0.2, 0) is 11.8 Å². The average molecular weight is 339 g/mol. The van der Waals surface area contributed by atoms with E-state index in [2.05, 4.69) is 39.1 Å². The van der Waals surface area contributed by atoms with E-state index in [0.717, 1.165) is 28.8 Å². The molecule has 0 spiro atoms. The first-order valence-corrected chi connectivity index (χ1v) is 8.46. The van der Waals surface area contributed by atoms with Crippen LogP contribution in [0.1, 0.15) is 40.7 Å². The van der Waals surface area contributed by atoms with Gasteiger partial charge in [-0.15, -0.1) is 0 Å². The van der Waals surface area contributed by atoms with E-state index in [9.17, 15) is 4.79 Å². The minimum absolute atomic E-state index is 0.0575. The zero-order valence-corrected chi connectivity index (χ0v) is 14.3. The number of hydrogen-bond acceptors (Lipinski definition) is 4. The summed E-state index contributed by atoms with van der Waals surface area (Å²) >= 11 is 0. The maximum atomic E-state index is 12.2. The highest BCUT2D eigenvalue weighted by molar-refractivity contribution is 5.93. The molecule has 4 rings (SSSR count). The minimum Gasteiger partial charge on any atom is -0.370 e. The summed E-state index contributed by atoms with van der Waals surface area (Å²) in [4.78, 5) is 17.0. The highest BCUT2D eigenvalue weighted by Gasteiger charge is 2.29. The number of para-hydroxylation sites is 1. The van der Waals surface area contributed by atoms with Gasteiger partial charge in [0.05, 0.1) is 22.8 Å². The van der Waals surface area contributed by atoms with Gasteiger partial charge in [0.2, 0.25) is 0 Å². The number of benzene rings is 1. The first kappa shape index (κ1) is 15.8. The number of carbonyl (C=O) groups excluding carboxylic acids is 1. The van der Waals surface area contributed by atoms with Crippen molar-refractivity contribution in [3.8, 4) is 0 Å². The number of ether oxygens (including phenoxy) is 1. The van der Waals surface area contributed by atoms with Gasteiger partial charge in [-0.1, -0.05) is 12.1 Å². The second-order valence-corrected chi connectivity index (χ2v) is 6.51. The van der Waals surface area contributed by atoms with E-state index in [1.807, 2.05) is 13.1 Å². The summed E-state index contributed by atoms with van der Waals surface area (Å²) in [6.07, 6.45) is 4.50. The fourth-order valence-corrected chi connectivity index (χ4v) is 3.41. The van der Waals surface area contributed by atoms with Crippen LogP contribution in [0.15, 0.2) is 30.6 Å². The number of nitrogens with zero attached hydrogens (tertiary/aromatic N) is 3. The largest absolute Gasteiger partial charge is 0.370 e. The van der Waals surface area contributed by atoms with E-state index in [4.69, 9.17) is 9.72 Å². The lowest BCUT2D eigenvalue weighted by Crippen LogP contribution is -2.40. The maximum absolute atomic E-state index is 12.2. The molecule has 0 saturated carbocycles. The Morgan fingerprint density at radius 3 is 3.08 bits per heavy atom. The van der Waals surface area contributed by atoms with Crippen molar-refractivity contribution < 1.29 is 9.53 Å². The molecule has 0 bridgehead atoms. The number of aromatic amines is 1. The van der Waals surface area contributed by atoms with Crippen LogP contribution in [0, 0.1) is 6.92 Å². The average Bonchev–Trinajstić information content (AvgIpc) is 3.25. The third kappa shape index (κ3) is 2.91. The van der Waals surface area contributed by atoms with Gasteiger partial charge < -0.3 is 14.6 Å². The first-order valence-electron chi connectivity index (χ1n) is 8.46. The molecule has 130 valence electrons. The van der Waals surface area contributed by atoms with E-state index in [1.165, 1.54) is 6.20 Å². The molecule has 2 atom stereocenters. The van der Waals surface area contributed by atoms with Gasteiger partial charge in [0, 0.05) is 32.3 Å². The topological polar surface area (TPSA) is 84.8 Å². The van der Waals surface area contributed by atoms with Gasteiger partial charge in [0.25, 0.3) is 5.91 Å². The van der Waals surface area contributed by atoms with Crippen LogP contribution in [0.3, 0.4) is 0 Å². The van der Waals surface area contributed by atoms with Crippen molar-refractivity contribution >= 4 is 16.9 Å². The van der Waals surface area contributed by atoms with Gasteiger partial charge in [-0.3, -0.25) is 9.89 Å². The van der Waals surface area contributed by atoms with Crippen LogP contribution in [0.5, 0.6) is 0 Å². The Kier molecular flexibility index (Phi) is 4.01. The molecule has 1 aliphatic heterocycles. The standard InChI is InChI=1S/C18H21N5O2/c1-11-4-3-5-14-16(11)22-17(23(14)2)15-8-13(6-7-25-15)21-18(24)12-9-19-20-10-12/h3-5,9-10,13,15H,6-8H2,1-2H3,(H,19,20)(H,21,24). The van der Waals surface area contributed by atoms with Gasteiger partial charge in [-0.2, -0.15) is 5.10 Å². The highest BCUT2D eigenvalue weighted by Crippen LogP contribution is 2.30. The second kappa shape index (κ2) is 6.33. The molecule has 1 fully saturated rings. The van der Waals surface area contributed by atoms with Crippen molar-refractivity contribution in [3.05, 3.63) is 47.5 Å². The number of hydrogen-bond donors (Lipinski definition) is 2. The van der Waals surface area contributed by atoms with Gasteiger partial charge >= 0.3 is 0 Å². The SMILES string of the molecule is Cc1cccc2c1nc(C1CC(NC(=O)c3cn[nH]c3)CCO1)n2C. The van der Waals surface area contributed by atoms with Crippen LogP contribution in [0.4, 0.5) is 0 Å². The molecule has 7 heteroatoms. The minimum atomic E-state index is -0.125. The molecule has 1 aromatic carbocycles. The quantitative estimate of drug-likeness (QED) is 0.766. The summed E-state index contributed by atoms with van der Waals surface area (Å²) in [5, 5.41) is 9.55. The maximum Gasteiger partial charge on any atom is 0.254 e. The van der Waals surface area contributed by atoms with Crippen molar-refractivity contribution in [2.75, 3.05) is 6.61 Å².